The first kappa shape index (κ1) is 13.4. The van der Waals surface area contributed by atoms with Crippen LogP contribution in [0.5, 0.6) is 0 Å². The highest BCUT2D eigenvalue weighted by molar-refractivity contribution is 6.30. The van der Waals surface area contributed by atoms with Gasteiger partial charge in [0.05, 0.1) is 6.10 Å². The van der Waals surface area contributed by atoms with Gasteiger partial charge in [0.2, 0.25) is 0 Å². The van der Waals surface area contributed by atoms with Gasteiger partial charge in [0, 0.05) is 11.1 Å². The zero-order valence-electron chi connectivity index (χ0n) is 11.2. The van der Waals surface area contributed by atoms with Crippen molar-refractivity contribution in [1.82, 2.24) is 5.32 Å². The van der Waals surface area contributed by atoms with Gasteiger partial charge >= 0.3 is 0 Å². The second kappa shape index (κ2) is 5.82. The van der Waals surface area contributed by atoms with Crippen LogP contribution < -0.4 is 5.32 Å². The van der Waals surface area contributed by atoms with Crippen molar-refractivity contribution in [2.75, 3.05) is 6.54 Å². The first-order valence-corrected chi connectivity index (χ1v) is 7.75. The van der Waals surface area contributed by atoms with Crippen LogP contribution in [-0.2, 0) is 0 Å². The largest absolute Gasteiger partial charge is 0.393 e. The van der Waals surface area contributed by atoms with Gasteiger partial charge in [-0.3, -0.25) is 0 Å². The Hall–Kier alpha value is -0.570. The summed E-state index contributed by atoms with van der Waals surface area (Å²) in [7, 11) is 0. The zero-order chi connectivity index (χ0) is 13.2. The molecule has 2 fully saturated rings. The molecule has 0 bridgehead atoms. The zero-order valence-corrected chi connectivity index (χ0v) is 11.9. The van der Waals surface area contributed by atoms with Gasteiger partial charge in [0.15, 0.2) is 0 Å². The highest BCUT2D eigenvalue weighted by Crippen LogP contribution is 2.38. The Morgan fingerprint density at radius 2 is 2.05 bits per heavy atom. The number of hydrogen-bond donors (Lipinski definition) is 2. The van der Waals surface area contributed by atoms with E-state index in [0.717, 1.165) is 24.4 Å². The predicted octanol–water partition coefficient (Wildman–Crippen LogP) is 3.34. The predicted molar refractivity (Wildman–Crippen MR) is 78.6 cm³/mol. The summed E-state index contributed by atoms with van der Waals surface area (Å²) in [6.45, 7) is 1.07. The molecule has 0 radical (unpaired) electrons. The number of aliphatic hydroxyl groups excluding tert-OH is 1. The highest BCUT2D eigenvalue weighted by atomic mass is 35.5. The van der Waals surface area contributed by atoms with Crippen molar-refractivity contribution in [2.45, 2.75) is 50.2 Å². The lowest BCUT2D eigenvalue weighted by molar-refractivity contribution is 0.176. The number of nitrogens with one attached hydrogen (secondary N) is 1. The standard InChI is InChI=1S/C16H22ClNO/c17-14-3-1-2-12(7-14)13-8-15(9-13)18-10-11-4-5-16(19)6-11/h1-3,7,11,13,15-16,18-19H,4-6,8-10H2. The normalized spacial score (nSPS) is 34.2. The minimum absolute atomic E-state index is 0.0487. The van der Waals surface area contributed by atoms with Crippen LogP contribution in [0.3, 0.4) is 0 Å². The molecular formula is C16H22ClNO. The maximum atomic E-state index is 9.51. The molecule has 2 unspecified atom stereocenters. The van der Waals surface area contributed by atoms with Crippen molar-refractivity contribution in [3.63, 3.8) is 0 Å². The van der Waals surface area contributed by atoms with E-state index in [1.165, 1.54) is 24.8 Å². The van der Waals surface area contributed by atoms with Crippen LogP contribution in [0.2, 0.25) is 5.02 Å². The molecule has 0 saturated heterocycles. The molecule has 3 heteroatoms. The van der Waals surface area contributed by atoms with E-state index in [2.05, 4.69) is 17.4 Å². The summed E-state index contributed by atoms with van der Waals surface area (Å²) in [5.41, 5.74) is 1.38. The van der Waals surface area contributed by atoms with E-state index >= 15 is 0 Å². The van der Waals surface area contributed by atoms with Crippen LogP contribution in [0.1, 0.15) is 43.6 Å². The molecule has 0 spiro atoms. The molecule has 0 aliphatic heterocycles. The molecule has 2 saturated carbocycles. The molecule has 2 aliphatic carbocycles. The topological polar surface area (TPSA) is 32.3 Å². The van der Waals surface area contributed by atoms with Crippen molar-refractivity contribution >= 4 is 11.6 Å². The van der Waals surface area contributed by atoms with Gasteiger partial charge < -0.3 is 10.4 Å². The monoisotopic (exact) mass is 279 g/mol. The molecule has 104 valence electrons. The third kappa shape index (κ3) is 3.31. The van der Waals surface area contributed by atoms with Crippen molar-refractivity contribution in [3.8, 4) is 0 Å². The molecule has 2 aliphatic rings. The van der Waals surface area contributed by atoms with Gasteiger partial charge in [-0.2, -0.15) is 0 Å². The molecule has 1 aromatic carbocycles. The van der Waals surface area contributed by atoms with Crippen LogP contribution in [0.15, 0.2) is 24.3 Å². The summed E-state index contributed by atoms with van der Waals surface area (Å²) < 4.78 is 0. The lowest BCUT2D eigenvalue weighted by Gasteiger charge is -2.37. The Kier molecular flexibility index (Phi) is 4.11. The van der Waals surface area contributed by atoms with Crippen LogP contribution in [0, 0.1) is 5.92 Å². The van der Waals surface area contributed by atoms with Crippen LogP contribution in [0.25, 0.3) is 0 Å². The smallest absolute Gasteiger partial charge is 0.0543 e. The average Bonchev–Trinajstić information content (AvgIpc) is 2.73. The second-order valence-corrected chi connectivity index (χ2v) is 6.60. The number of hydrogen-bond acceptors (Lipinski definition) is 2. The summed E-state index contributed by atoms with van der Waals surface area (Å²) in [5, 5.41) is 14.0. The van der Waals surface area contributed by atoms with Gasteiger partial charge in [-0.05, 0) is 68.2 Å². The number of rotatable bonds is 4. The number of halogens is 1. The average molecular weight is 280 g/mol. The molecule has 0 aromatic heterocycles. The summed E-state index contributed by atoms with van der Waals surface area (Å²) in [6, 6.07) is 8.90. The van der Waals surface area contributed by atoms with E-state index in [4.69, 9.17) is 11.6 Å². The molecule has 1 aromatic rings. The Bertz CT molecular complexity index is 431. The highest BCUT2D eigenvalue weighted by Gasteiger charge is 2.31. The maximum absolute atomic E-state index is 9.51. The van der Waals surface area contributed by atoms with Crippen LogP contribution in [0.4, 0.5) is 0 Å². The molecule has 0 heterocycles. The Morgan fingerprint density at radius 3 is 2.74 bits per heavy atom. The van der Waals surface area contributed by atoms with Crippen LogP contribution >= 0.6 is 11.6 Å². The van der Waals surface area contributed by atoms with Gasteiger partial charge in [-0.1, -0.05) is 23.7 Å². The molecule has 2 N–H and O–H groups in total. The van der Waals surface area contributed by atoms with Crippen molar-refractivity contribution in [2.24, 2.45) is 5.92 Å². The maximum Gasteiger partial charge on any atom is 0.0543 e. The molecule has 2 nitrogen and oxygen atoms in total. The molecule has 2 atom stereocenters. The third-order valence-electron chi connectivity index (χ3n) is 4.67. The molecule has 19 heavy (non-hydrogen) atoms. The number of aliphatic hydroxyl groups is 1. The van der Waals surface area contributed by atoms with E-state index in [9.17, 15) is 5.11 Å². The van der Waals surface area contributed by atoms with Crippen molar-refractivity contribution < 1.29 is 5.11 Å². The fraction of sp³-hybridized carbons (Fsp3) is 0.625. The van der Waals surface area contributed by atoms with E-state index in [-0.39, 0.29) is 6.10 Å². The van der Waals surface area contributed by atoms with E-state index in [1.807, 2.05) is 12.1 Å². The van der Waals surface area contributed by atoms with Gasteiger partial charge in [0.1, 0.15) is 0 Å². The second-order valence-electron chi connectivity index (χ2n) is 6.16. The SMILES string of the molecule is OC1CCC(CNC2CC(c3cccc(Cl)c3)C2)C1. The van der Waals surface area contributed by atoms with Gasteiger partial charge in [-0.15, -0.1) is 0 Å². The Balaban J connectivity index is 1.41. The molecule has 3 rings (SSSR count). The summed E-state index contributed by atoms with van der Waals surface area (Å²) in [5.74, 6) is 1.35. The lowest BCUT2D eigenvalue weighted by Crippen LogP contribution is -2.42. The third-order valence-corrected chi connectivity index (χ3v) is 4.90. The first-order chi connectivity index (χ1) is 9.20. The van der Waals surface area contributed by atoms with Gasteiger partial charge in [-0.25, -0.2) is 0 Å². The minimum Gasteiger partial charge on any atom is -0.393 e. The first-order valence-electron chi connectivity index (χ1n) is 7.37. The fourth-order valence-electron chi connectivity index (χ4n) is 3.38. The minimum atomic E-state index is -0.0487. The van der Waals surface area contributed by atoms with Gasteiger partial charge in [0.25, 0.3) is 0 Å². The summed E-state index contributed by atoms with van der Waals surface area (Å²) in [4.78, 5) is 0. The quantitative estimate of drug-likeness (QED) is 0.886. The van der Waals surface area contributed by atoms with E-state index in [1.54, 1.807) is 0 Å². The lowest BCUT2D eigenvalue weighted by atomic mass is 9.76. The summed E-state index contributed by atoms with van der Waals surface area (Å²) in [6.07, 6.45) is 5.54. The van der Waals surface area contributed by atoms with Crippen LogP contribution in [-0.4, -0.2) is 23.8 Å². The summed E-state index contributed by atoms with van der Waals surface area (Å²) >= 11 is 6.03. The molecular weight excluding hydrogens is 258 g/mol. The van der Waals surface area contributed by atoms with Crippen molar-refractivity contribution in [3.05, 3.63) is 34.9 Å². The fourth-order valence-corrected chi connectivity index (χ4v) is 3.58. The number of benzene rings is 1. The molecule has 0 amide bonds. The van der Waals surface area contributed by atoms with Crippen molar-refractivity contribution in [1.29, 1.82) is 0 Å². The Morgan fingerprint density at radius 1 is 1.21 bits per heavy atom. The van der Waals surface area contributed by atoms with E-state index in [0.29, 0.717) is 17.9 Å². The Labute approximate surface area is 120 Å². The van der Waals surface area contributed by atoms with E-state index < -0.39 is 0 Å².